The van der Waals surface area contributed by atoms with Crippen molar-refractivity contribution < 1.29 is 14.3 Å². The van der Waals surface area contributed by atoms with E-state index in [1.54, 1.807) is 42.5 Å². The van der Waals surface area contributed by atoms with Crippen LogP contribution in [0.1, 0.15) is 27.8 Å². The van der Waals surface area contributed by atoms with Crippen molar-refractivity contribution in [2.24, 2.45) is 0 Å². The molecule has 1 amide bonds. The molecule has 4 nitrogen and oxygen atoms in total. The summed E-state index contributed by atoms with van der Waals surface area (Å²) in [6.07, 6.45) is -0.943. The van der Waals surface area contributed by atoms with Gasteiger partial charge < -0.3 is 14.8 Å². The van der Waals surface area contributed by atoms with E-state index in [1.165, 1.54) is 0 Å². The van der Waals surface area contributed by atoms with Crippen molar-refractivity contribution >= 4 is 34.8 Å². The number of aliphatic hydroxyl groups is 1. The Morgan fingerprint density at radius 2 is 1.57 bits per heavy atom. The third-order valence-electron chi connectivity index (χ3n) is 4.63. The minimum atomic E-state index is -0.943. The molecule has 0 saturated heterocycles. The van der Waals surface area contributed by atoms with E-state index in [1.807, 2.05) is 42.5 Å². The van der Waals surface area contributed by atoms with Crippen molar-refractivity contribution in [1.29, 1.82) is 0 Å². The summed E-state index contributed by atoms with van der Waals surface area (Å²) in [5.74, 6) is 0.270. The Morgan fingerprint density at radius 3 is 2.30 bits per heavy atom. The van der Waals surface area contributed by atoms with Crippen LogP contribution in [-0.2, 0) is 0 Å². The van der Waals surface area contributed by atoms with E-state index in [4.69, 9.17) is 27.6 Å². The maximum absolute atomic E-state index is 12.8. The Bertz CT molecular complexity index is 1170. The fraction of sp³-hybridized carbons (Fsp3) is 0.0417. The number of amides is 1. The highest BCUT2D eigenvalue weighted by atomic mass is 35.5. The first-order valence-corrected chi connectivity index (χ1v) is 9.96. The number of halogens is 2. The van der Waals surface area contributed by atoms with Crippen LogP contribution < -0.4 is 5.32 Å². The number of rotatable bonds is 5. The molecule has 0 aliphatic heterocycles. The summed E-state index contributed by atoms with van der Waals surface area (Å²) in [7, 11) is 0. The molecule has 1 atom stereocenters. The smallest absolute Gasteiger partial charge is 0.291 e. The van der Waals surface area contributed by atoms with Gasteiger partial charge in [0.05, 0.1) is 0 Å². The number of hydrogen-bond acceptors (Lipinski definition) is 3. The molecule has 3 aromatic carbocycles. The van der Waals surface area contributed by atoms with Gasteiger partial charge in [-0.3, -0.25) is 4.79 Å². The lowest BCUT2D eigenvalue weighted by Gasteiger charge is -2.17. The van der Waals surface area contributed by atoms with Crippen LogP contribution in [0.15, 0.2) is 89.3 Å². The molecule has 0 bridgehead atoms. The molecular weight excluding hydrogens is 421 g/mol. The average Bonchev–Trinajstić information content (AvgIpc) is 3.26. The second-order valence-corrected chi connectivity index (χ2v) is 7.54. The molecule has 0 unspecified atom stereocenters. The SMILES string of the molecule is O=C(Nc1ccc(Cl)cc1[C@H](O)c1ccccc1)c1ccc(-c2ccc(Cl)cc2)o1. The van der Waals surface area contributed by atoms with Crippen LogP contribution in [0.3, 0.4) is 0 Å². The maximum Gasteiger partial charge on any atom is 0.291 e. The van der Waals surface area contributed by atoms with E-state index >= 15 is 0 Å². The van der Waals surface area contributed by atoms with E-state index in [9.17, 15) is 9.90 Å². The second-order valence-electron chi connectivity index (χ2n) is 6.67. The van der Waals surface area contributed by atoms with Crippen LogP contribution in [0.2, 0.25) is 10.0 Å². The van der Waals surface area contributed by atoms with Gasteiger partial charge >= 0.3 is 0 Å². The Hall–Kier alpha value is -3.05. The van der Waals surface area contributed by atoms with Crippen LogP contribution in [0, 0.1) is 0 Å². The van der Waals surface area contributed by atoms with Crippen molar-refractivity contribution in [2.45, 2.75) is 6.10 Å². The summed E-state index contributed by atoms with van der Waals surface area (Å²) < 4.78 is 5.71. The molecule has 0 radical (unpaired) electrons. The van der Waals surface area contributed by atoms with Gasteiger partial charge in [-0.2, -0.15) is 0 Å². The summed E-state index contributed by atoms with van der Waals surface area (Å²) in [4.78, 5) is 12.8. The molecule has 0 saturated carbocycles. The van der Waals surface area contributed by atoms with Crippen LogP contribution in [0.5, 0.6) is 0 Å². The fourth-order valence-corrected chi connectivity index (χ4v) is 3.41. The Kier molecular flexibility index (Phi) is 5.91. The predicted molar refractivity (Wildman–Crippen MR) is 119 cm³/mol. The molecule has 4 aromatic rings. The molecule has 150 valence electrons. The van der Waals surface area contributed by atoms with Gasteiger partial charge in [0.25, 0.3) is 5.91 Å². The summed E-state index contributed by atoms with van der Waals surface area (Å²) in [5.41, 5.74) is 2.44. The first-order valence-electron chi connectivity index (χ1n) is 9.21. The molecule has 0 spiro atoms. The average molecular weight is 438 g/mol. The van der Waals surface area contributed by atoms with E-state index in [0.717, 1.165) is 5.56 Å². The third kappa shape index (κ3) is 4.41. The maximum atomic E-state index is 12.8. The van der Waals surface area contributed by atoms with Gasteiger partial charge in [-0.15, -0.1) is 0 Å². The van der Waals surface area contributed by atoms with Gasteiger partial charge in [0.2, 0.25) is 0 Å². The van der Waals surface area contributed by atoms with Crippen LogP contribution >= 0.6 is 23.2 Å². The number of carbonyl (C=O) groups excluding carboxylic acids is 1. The molecule has 0 aliphatic carbocycles. The molecule has 0 fully saturated rings. The van der Waals surface area contributed by atoms with Gasteiger partial charge in [0.15, 0.2) is 5.76 Å². The standard InChI is InChI=1S/C24H17Cl2NO3/c25-17-8-6-15(7-9-17)21-12-13-22(30-21)24(29)27-20-11-10-18(26)14-19(20)23(28)16-4-2-1-3-5-16/h1-14,23,28H,(H,27,29)/t23-/m1/s1. The number of aliphatic hydroxyl groups excluding tert-OH is 1. The largest absolute Gasteiger partial charge is 0.451 e. The number of hydrogen-bond donors (Lipinski definition) is 2. The quantitative estimate of drug-likeness (QED) is 0.370. The predicted octanol–water partition coefficient (Wildman–Crippen LogP) is 6.59. The minimum absolute atomic E-state index is 0.148. The second kappa shape index (κ2) is 8.76. The highest BCUT2D eigenvalue weighted by molar-refractivity contribution is 6.31. The summed E-state index contributed by atoms with van der Waals surface area (Å²) in [6.45, 7) is 0. The first kappa shape index (κ1) is 20.2. The number of nitrogens with one attached hydrogen (secondary N) is 1. The number of anilines is 1. The number of benzene rings is 3. The molecule has 1 aromatic heterocycles. The van der Waals surface area contributed by atoms with Gasteiger partial charge in [-0.05, 0) is 60.2 Å². The van der Waals surface area contributed by atoms with Crippen molar-refractivity contribution in [1.82, 2.24) is 0 Å². The van der Waals surface area contributed by atoms with Crippen molar-refractivity contribution in [3.05, 3.63) is 112 Å². The zero-order valence-electron chi connectivity index (χ0n) is 15.7. The van der Waals surface area contributed by atoms with E-state index in [-0.39, 0.29) is 5.76 Å². The zero-order chi connectivity index (χ0) is 21.1. The molecule has 4 rings (SSSR count). The van der Waals surface area contributed by atoms with Gasteiger partial charge in [-0.1, -0.05) is 53.5 Å². The van der Waals surface area contributed by atoms with E-state index < -0.39 is 12.0 Å². The molecule has 0 aliphatic rings. The molecule has 6 heteroatoms. The minimum Gasteiger partial charge on any atom is -0.451 e. The highest BCUT2D eigenvalue weighted by Gasteiger charge is 2.19. The lowest BCUT2D eigenvalue weighted by Crippen LogP contribution is -2.14. The van der Waals surface area contributed by atoms with Crippen molar-refractivity contribution in [2.75, 3.05) is 5.32 Å². The summed E-state index contributed by atoms with van der Waals surface area (Å²) in [6, 6.07) is 24.6. The lowest BCUT2D eigenvalue weighted by molar-refractivity contribution is 0.0997. The number of carbonyl (C=O) groups is 1. The van der Waals surface area contributed by atoms with Crippen LogP contribution in [-0.4, -0.2) is 11.0 Å². The fourth-order valence-electron chi connectivity index (χ4n) is 3.10. The molecule has 30 heavy (non-hydrogen) atoms. The summed E-state index contributed by atoms with van der Waals surface area (Å²) >= 11 is 12.0. The zero-order valence-corrected chi connectivity index (χ0v) is 17.2. The third-order valence-corrected chi connectivity index (χ3v) is 5.12. The first-order chi connectivity index (χ1) is 14.5. The van der Waals surface area contributed by atoms with Crippen molar-refractivity contribution in [3.8, 4) is 11.3 Å². The number of furan rings is 1. The van der Waals surface area contributed by atoms with Crippen LogP contribution in [0.25, 0.3) is 11.3 Å². The van der Waals surface area contributed by atoms with Gasteiger partial charge in [0, 0.05) is 26.9 Å². The Labute approximate surface area is 183 Å². The van der Waals surface area contributed by atoms with E-state index in [2.05, 4.69) is 5.32 Å². The monoisotopic (exact) mass is 437 g/mol. The molecule has 1 heterocycles. The molecular formula is C24H17Cl2NO3. The molecule has 2 N–H and O–H groups in total. The van der Waals surface area contributed by atoms with Crippen LogP contribution in [0.4, 0.5) is 5.69 Å². The highest BCUT2D eigenvalue weighted by Crippen LogP contribution is 2.31. The Balaban J connectivity index is 1.59. The van der Waals surface area contributed by atoms with E-state index in [0.29, 0.717) is 32.6 Å². The van der Waals surface area contributed by atoms with Gasteiger partial charge in [-0.25, -0.2) is 0 Å². The topological polar surface area (TPSA) is 62.5 Å². The van der Waals surface area contributed by atoms with Gasteiger partial charge in [0.1, 0.15) is 11.9 Å². The normalized spacial score (nSPS) is 11.8. The summed E-state index contributed by atoms with van der Waals surface area (Å²) in [5, 5.41) is 14.7. The van der Waals surface area contributed by atoms with Crippen molar-refractivity contribution in [3.63, 3.8) is 0 Å². The Morgan fingerprint density at radius 1 is 0.867 bits per heavy atom. The lowest BCUT2D eigenvalue weighted by atomic mass is 10.00.